The van der Waals surface area contributed by atoms with Gasteiger partial charge in [0, 0.05) is 46.8 Å². The molecule has 6 saturated heterocycles. The van der Waals surface area contributed by atoms with Gasteiger partial charge < -0.3 is 200 Å². The van der Waals surface area contributed by atoms with Crippen molar-refractivity contribution in [2.75, 3.05) is 59.5 Å². The van der Waals surface area contributed by atoms with Crippen molar-refractivity contribution in [3.63, 3.8) is 0 Å². The molecule has 4 amide bonds. The highest BCUT2D eigenvalue weighted by molar-refractivity contribution is 5.74. The maximum absolute atomic E-state index is 12.9. The smallest absolute Gasteiger partial charge is 0.217 e. The second-order valence-corrected chi connectivity index (χ2v) is 25.2. The lowest BCUT2D eigenvalue weighted by Gasteiger charge is -2.51. The molecule has 27 N–H and O–H groups in total. The van der Waals surface area contributed by atoms with Gasteiger partial charge in [0.05, 0.1) is 64.5 Å². The van der Waals surface area contributed by atoms with Crippen LogP contribution in [0.4, 0.5) is 0 Å². The molecule has 44 heteroatoms. The third-order valence-electron chi connectivity index (χ3n) is 17.9. The van der Waals surface area contributed by atoms with Gasteiger partial charge in [-0.1, -0.05) is 0 Å². The lowest BCUT2D eigenvalue weighted by atomic mass is 9.92. The van der Waals surface area contributed by atoms with E-state index in [1.165, 1.54) is 6.92 Å². The van der Waals surface area contributed by atoms with E-state index in [4.69, 9.17) is 61.6 Å². The first-order chi connectivity index (χ1) is 48.2. The zero-order chi connectivity index (χ0) is 76.0. The van der Waals surface area contributed by atoms with Crippen LogP contribution in [0.3, 0.4) is 0 Å². The normalized spacial score (nSPS) is 41.1. The Morgan fingerprint density at radius 2 is 0.843 bits per heavy atom. The highest BCUT2D eigenvalue weighted by Gasteiger charge is 2.59. The summed E-state index contributed by atoms with van der Waals surface area (Å²) in [6.07, 6.45) is -65.5. The quantitative estimate of drug-likeness (QED) is 0.0210. The summed E-state index contributed by atoms with van der Waals surface area (Å²) >= 11 is 0. The SMILES string of the molecule is CC(=O)NC1C(O)[C@H](O[C@@H]2OC(CO[C@H]3OC(CO)[C@@H](O)C(O)C3O[C@H](O)C(NC(C)=O)C(O)[C@H](O)CCO)[C@@H](O)C(O[C@H]3OC(CO)[C@@H](O)C(O)C3O[C@@H]3OC(CO)[C@@H](O[C@H](O)/C(O)=C(/O)[C@@H](CO)CCO)C(O)C3NC(C)=O)C2O)C(CO)O[C@H]1O[C@@H]1C(CO)O[C@@H](C)C(NC(C)=O)C1O. The Hall–Kier alpha value is -4.14. The van der Waals surface area contributed by atoms with Crippen LogP contribution in [0.1, 0.15) is 47.5 Å². The summed E-state index contributed by atoms with van der Waals surface area (Å²) in [5.74, 6) is -7.17. The summed E-state index contributed by atoms with van der Waals surface area (Å²) in [5.41, 5.74) is 0. The molecule has 0 aromatic heterocycles. The third kappa shape index (κ3) is 21.0. The van der Waals surface area contributed by atoms with Crippen molar-refractivity contribution in [1.82, 2.24) is 21.3 Å². The van der Waals surface area contributed by atoms with Gasteiger partial charge >= 0.3 is 0 Å². The van der Waals surface area contributed by atoms with Gasteiger partial charge in [-0.2, -0.15) is 0 Å². The first-order valence-corrected chi connectivity index (χ1v) is 32.6. The molecule has 6 aliphatic heterocycles. The van der Waals surface area contributed by atoms with Crippen molar-refractivity contribution >= 4 is 23.6 Å². The van der Waals surface area contributed by atoms with Crippen LogP contribution in [0.25, 0.3) is 0 Å². The molecular formula is C58H100N4O40. The van der Waals surface area contributed by atoms with Gasteiger partial charge in [0.25, 0.3) is 0 Å². The van der Waals surface area contributed by atoms with E-state index >= 15 is 0 Å². The Morgan fingerprint density at radius 3 is 1.34 bits per heavy atom. The van der Waals surface area contributed by atoms with Gasteiger partial charge in [-0.05, 0) is 19.8 Å². The van der Waals surface area contributed by atoms with E-state index in [0.29, 0.717) is 0 Å². The first kappa shape index (κ1) is 86.8. The van der Waals surface area contributed by atoms with E-state index in [1.807, 2.05) is 0 Å². The van der Waals surface area contributed by atoms with E-state index < -0.39 is 322 Å². The number of aliphatic hydroxyl groups is 23. The van der Waals surface area contributed by atoms with E-state index in [1.54, 1.807) is 0 Å². The number of aliphatic hydroxyl groups excluding tert-OH is 23. The minimum Gasteiger partial charge on any atom is -0.508 e. The summed E-state index contributed by atoms with van der Waals surface area (Å²) < 4.78 is 77.0. The molecule has 6 fully saturated rings. The van der Waals surface area contributed by atoms with Crippen LogP contribution in [0.2, 0.25) is 0 Å². The van der Waals surface area contributed by atoms with Crippen LogP contribution in [0, 0.1) is 5.92 Å². The molecule has 0 saturated carbocycles. The highest BCUT2D eigenvalue weighted by Crippen LogP contribution is 2.38. The Balaban J connectivity index is 1.40. The van der Waals surface area contributed by atoms with E-state index in [9.17, 15) is 137 Å². The highest BCUT2D eigenvalue weighted by atomic mass is 16.8. The Morgan fingerprint density at radius 1 is 0.412 bits per heavy atom. The van der Waals surface area contributed by atoms with Crippen LogP contribution in [-0.2, 0) is 80.8 Å². The molecule has 36 atom stereocenters. The standard InChI is InChI=1S/C58H100N4O40/c1-17-30(59-18(2)71)39(81)47(26(13-68)91-17)99-54-33(62-21(5)74)41(83)48(28(15-70)95-54)100-56-45(87)49(38(80)29(96-56)16-90-57-50(42(84)36(78)24(11-66)92-57)98-52(88)31(60-19(3)72)35(77)23(75)7-9-64)101-58-51(43(85)37(79)25(12-67)93-58)102-55-32(61-20(4)73)40(82)46(27(14-69)94-55)97-53(89)44(86)34(76)22(10-65)6-8-63/h17,22-33,35-43,45-58,63-70,75-89H,6-16H2,1-5H3,(H,59,71)(H,60,72)(H,61,73)(H,62,74)/b44-34-/t17-,22+,23+,24?,25?,26?,27?,28?,29?,30?,31?,32?,33?,35?,36+,37+,38+,39?,40?,41?,42?,43?,45?,46+,47+,48+,49?,50?,51?,52-,53-,54-,55-,56-,57-,58+/m0/s1. The molecule has 102 heavy (non-hydrogen) atoms. The Bertz CT molecular complexity index is 2630. The third-order valence-corrected chi connectivity index (χ3v) is 17.9. The van der Waals surface area contributed by atoms with Crippen molar-refractivity contribution < 1.29 is 198 Å². The van der Waals surface area contributed by atoms with Crippen molar-refractivity contribution in [3.05, 3.63) is 11.5 Å². The number of nitrogens with one attached hydrogen (secondary N) is 4. The minimum atomic E-state index is -2.59. The molecule has 6 rings (SSSR count). The first-order valence-electron chi connectivity index (χ1n) is 32.6. The summed E-state index contributed by atoms with van der Waals surface area (Å²) in [6, 6.07) is -7.00. The summed E-state index contributed by atoms with van der Waals surface area (Å²) in [6.45, 7) is -3.30. The Labute approximate surface area is 580 Å². The number of carbonyl (C=O) groups excluding carboxylic acids is 4. The molecule has 20 unspecified atom stereocenters. The van der Waals surface area contributed by atoms with E-state index in [2.05, 4.69) is 21.3 Å². The average molecular weight is 1490 g/mol. The van der Waals surface area contributed by atoms with E-state index in [0.717, 1.165) is 27.7 Å². The fourth-order valence-corrected chi connectivity index (χ4v) is 12.5. The second-order valence-electron chi connectivity index (χ2n) is 25.2. The fraction of sp³-hybridized carbons (Fsp3) is 0.897. The zero-order valence-electron chi connectivity index (χ0n) is 55.8. The van der Waals surface area contributed by atoms with Crippen LogP contribution >= 0.6 is 0 Å². The molecule has 0 bridgehead atoms. The lowest BCUT2D eigenvalue weighted by molar-refractivity contribution is -0.396. The zero-order valence-corrected chi connectivity index (χ0v) is 55.8. The predicted octanol–water partition coefficient (Wildman–Crippen LogP) is -15.0. The largest absolute Gasteiger partial charge is 0.508 e. The lowest BCUT2D eigenvalue weighted by Crippen LogP contribution is -2.70. The maximum atomic E-state index is 12.9. The molecule has 6 aliphatic rings. The average Bonchev–Trinajstić information content (AvgIpc) is 0.770. The molecular weight excluding hydrogens is 1390 g/mol. The van der Waals surface area contributed by atoms with Gasteiger partial charge in [-0.25, -0.2) is 0 Å². The van der Waals surface area contributed by atoms with Gasteiger partial charge in [-0.3, -0.25) is 19.2 Å². The van der Waals surface area contributed by atoms with Crippen LogP contribution in [0.5, 0.6) is 0 Å². The molecule has 44 nitrogen and oxygen atoms in total. The number of hydrogen-bond donors (Lipinski definition) is 27. The number of rotatable bonds is 34. The number of amides is 4. The number of carbonyl (C=O) groups is 4. The minimum absolute atomic E-state index is 0.335. The van der Waals surface area contributed by atoms with Gasteiger partial charge in [0.2, 0.25) is 29.9 Å². The van der Waals surface area contributed by atoms with Crippen LogP contribution < -0.4 is 21.3 Å². The molecule has 0 aromatic carbocycles. The molecule has 0 spiro atoms. The van der Waals surface area contributed by atoms with Gasteiger partial charge in [0.1, 0.15) is 158 Å². The van der Waals surface area contributed by atoms with Gasteiger partial charge in [-0.15, -0.1) is 0 Å². The second kappa shape index (κ2) is 39.6. The van der Waals surface area contributed by atoms with Crippen molar-refractivity contribution in [2.24, 2.45) is 5.92 Å². The molecule has 592 valence electrons. The van der Waals surface area contributed by atoms with Gasteiger partial charge in [0.15, 0.2) is 43.5 Å². The number of hydrogen-bond acceptors (Lipinski definition) is 40. The van der Waals surface area contributed by atoms with Crippen LogP contribution in [-0.4, -0.2) is 415 Å². The summed E-state index contributed by atoms with van der Waals surface area (Å²) in [4.78, 5) is 50.2. The summed E-state index contributed by atoms with van der Waals surface area (Å²) in [7, 11) is 0. The predicted molar refractivity (Wildman–Crippen MR) is 323 cm³/mol. The van der Waals surface area contributed by atoms with Crippen LogP contribution in [0.15, 0.2) is 11.5 Å². The number of ether oxygens (including phenoxy) is 13. The molecule has 6 heterocycles. The maximum Gasteiger partial charge on any atom is 0.217 e. The Kier molecular flexibility index (Phi) is 33.7. The van der Waals surface area contributed by atoms with Crippen molar-refractivity contribution in [3.8, 4) is 0 Å². The van der Waals surface area contributed by atoms with Crippen molar-refractivity contribution in [2.45, 2.75) is 262 Å². The molecule has 0 radical (unpaired) electrons. The summed E-state index contributed by atoms with van der Waals surface area (Å²) in [5, 5.41) is 262. The molecule has 0 aliphatic carbocycles. The monoisotopic (exact) mass is 1490 g/mol. The molecule has 0 aromatic rings. The van der Waals surface area contributed by atoms with Crippen molar-refractivity contribution in [1.29, 1.82) is 0 Å². The fourth-order valence-electron chi connectivity index (χ4n) is 12.5. The van der Waals surface area contributed by atoms with E-state index in [-0.39, 0.29) is 6.42 Å². The topological polar surface area (TPSA) is 702 Å².